The zero-order valence-corrected chi connectivity index (χ0v) is 22.9. The summed E-state index contributed by atoms with van der Waals surface area (Å²) < 4.78 is 42.0. The molecule has 3 aromatic rings. The number of halogens is 2. The molecule has 0 aliphatic rings. The molecule has 1 atom stereocenters. The van der Waals surface area contributed by atoms with Crippen LogP contribution in [0.4, 0.5) is 10.1 Å². The molecule has 10 heteroatoms. The lowest BCUT2D eigenvalue weighted by Crippen LogP contribution is -2.52. The molecule has 1 N–H and O–H groups in total. The lowest BCUT2D eigenvalue weighted by Gasteiger charge is -2.33. The summed E-state index contributed by atoms with van der Waals surface area (Å²) in [6.07, 6.45) is 1.00. The number of para-hydroxylation sites is 1. The molecule has 0 saturated heterocycles. The van der Waals surface area contributed by atoms with Gasteiger partial charge in [0.15, 0.2) is 0 Å². The number of amides is 2. The average Bonchev–Trinajstić information content (AvgIpc) is 2.92. The highest BCUT2D eigenvalue weighted by Gasteiger charge is 2.34. The normalized spacial score (nSPS) is 12.0. The average molecular weight is 560 g/mol. The molecule has 0 spiro atoms. The van der Waals surface area contributed by atoms with Crippen molar-refractivity contribution in [3.63, 3.8) is 0 Å². The number of carbonyl (C=O) groups excluding carboxylic acids is 2. The van der Waals surface area contributed by atoms with Gasteiger partial charge in [-0.1, -0.05) is 67.9 Å². The Morgan fingerprint density at radius 1 is 0.947 bits per heavy atom. The molecule has 3 aromatic carbocycles. The van der Waals surface area contributed by atoms with Crippen molar-refractivity contribution in [1.29, 1.82) is 0 Å². The first-order valence-corrected chi connectivity index (χ1v) is 14.1. The van der Waals surface area contributed by atoms with E-state index in [1.54, 1.807) is 37.3 Å². The van der Waals surface area contributed by atoms with Crippen LogP contribution in [0.1, 0.15) is 32.3 Å². The van der Waals surface area contributed by atoms with Gasteiger partial charge in [-0.25, -0.2) is 12.8 Å². The Hall–Kier alpha value is -3.43. The first-order valence-electron chi connectivity index (χ1n) is 12.3. The van der Waals surface area contributed by atoms with Gasteiger partial charge >= 0.3 is 0 Å². The molecule has 0 aliphatic carbocycles. The third-order valence-electron chi connectivity index (χ3n) is 5.93. The number of anilines is 1. The van der Waals surface area contributed by atoms with Crippen molar-refractivity contribution in [1.82, 2.24) is 10.2 Å². The van der Waals surface area contributed by atoms with Crippen LogP contribution in [0.3, 0.4) is 0 Å². The molecular weight excluding hydrogens is 529 g/mol. The van der Waals surface area contributed by atoms with E-state index in [1.165, 1.54) is 53.4 Å². The Morgan fingerprint density at radius 2 is 1.58 bits per heavy atom. The topological polar surface area (TPSA) is 86.8 Å². The van der Waals surface area contributed by atoms with Gasteiger partial charge in [0.25, 0.3) is 10.0 Å². The van der Waals surface area contributed by atoms with Gasteiger partial charge in [-0.3, -0.25) is 13.9 Å². The Morgan fingerprint density at radius 3 is 2.18 bits per heavy atom. The highest BCUT2D eigenvalue weighted by atomic mass is 35.5. The SMILES string of the molecule is CCCNC(=O)[C@H](CC)N(Cc1ccc(F)cc1)C(=O)CN(c1ccccc1Cl)S(=O)(=O)c1ccccc1. The van der Waals surface area contributed by atoms with E-state index in [0.29, 0.717) is 24.9 Å². The summed E-state index contributed by atoms with van der Waals surface area (Å²) in [5.74, 6) is -1.38. The lowest BCUT2D eigenvalue weighted by atomic mass is 10.1. The van der Waals surface area contributed by atoms with Crippen LogP contribution in [0.5, 0.6) is 0 Å². The smallest absolute Gasteiger partial charge is 0.264 e. The second-order valence-electron chi connectivity index (χ2n) is 8.64. The van der Waals surface area contributed by atoms with E-state index < -0.39 is 34.3 Å². The molecule has 38 heavy (non-hydrogen) atoms. The number of hydrogen-bond donors (Lipinski definition) is 1. The van der Waals surface area contributed by atoms with Crippen molar-refractivity contribution in [2.24, 2.45) is 0 Å². The van der Waals surface area contributed by atoms with Crippen LogP contribution in [0.2, 0.25) is 5.02 Å². The molecule has 202 valence electrons. The second-order valence-corrected chi connectivity index (χ2v) is 10.9. The molecule has 0 bridgehead atoms. The summed E-state index contributed by atoms with van der Waals surface area (Å²) in [4.78, 5) is 28.2. The Kier molecular flexibility index (Phi) is 10.3. The number of nitrogens with zero attached hydrogens (tertiary/aromatic N) is 2. The fourth-order valence-electron chi connectivity index (χ4n) is 3.96. The van der Waals surface area contributed by atoms with Gasteiger partial charge in [-0.2, -0.15) is 0 Å². The quantitative estimate of drug-likeness (QED) is 0.338. The zero-order chi connectivity index (χ0) is 27.7. The number of sulfonamides is 1. The van der Waals surface area contributed by atoms with E-state index in [0.717, 1.165) is 4.31 Å². The van der Waals surface area contributed by atoms with Crippen molar-refractivity contribution in [2.45, 2.75) is 44.2 Å². The van der Waals surface area contributed by atoms with E-state index in [1.807, 2.05) is 6.92 Å². The van der Waals surface area contributed by atoms with E-state index in [2.05, 4.69) is 5.32 Å². The summed E-state index contributed by atoms with van der Waals surface area (Å²) >= 11 is 6.39. The van der Waals surface area contributed by atoms with Gasteiger partial charge < -0.3 is 10.2 Å². The van der Waals surface area contributed by atoms with Crippen LogP contribution >= 0.6 is 11.6 Å². The first-order chi connectivity index (χ1) is 18.2. The highest BCUT2D eigenvalue weighted by Crippen LogP contribution is 2.30. The van der Waals surface area contributed by atoms with E-state index in [9.17, 15) is 22.4 Å². The monoisotopic (exact) mass is 559 g/mol. The number of benzene rings is 3. The van der Waals surface area contributed by atoms with Crippen LogP contribution in [0, 0.1) is 5.82 Å². The first kappa shape index (κ1) is 29.1. The van der Waals surface area contributed by atoms with Crippen molar-refractivity contribution in [3.8, 4) is 0 Å². The van der Waals surface area contributed by atoms with Crippen LogP contribution in [0.25, 0.3) is 0 Å². The summed E-state index contributed by atoms with van der Waals surface area (Å²) in [5, 5.41) is 2.97. The van der Waals surface area contributed by atoms with E-state index in [-0.39, 0.29) is 28.1 Å². The molecule has 2 amide bonds. The van der Waals surface area contributed by atoms with Crippen LogP contribution in [-0.4, -0.2) is 44.3 Å². The predicted octanol–water partition coefficient (Wildman–Crippen LogP) is 5.01. The maximum Gasteiger partial charge on any atom is 0.264 e. The van der Waals surface area contributed by atoms with Gasteiger partial charge in [-0.05, 0) is 54.8 Å². The Balaban J connectivity index is 2.04. The highest BCUT2D eigenvalue weighted by molar-refractivity contribution is 7.92. The van der Waals surface area contributed by atoms with Crippen LogP contribution in [0.15, 0.2) is 83.8 Å². The minimum absolute atomic E-state index is 0.00876. The minimum Gasteiger partial charge on any atom is -0.354 e. The van der Waals surface area contributed by atoms with Gasteiger partial charge in [0.1, 0.15) is 18.4 Å². The van der Waals surface area contributed by atoms with E-state index in [4.69, 9.17) is 11.6 Å². The minimum atomic E-state index is -4.20. The van der Waals surface area contributed by atoms with Gasteiger partial charge in [0.2, 0.25) is 11.8 Å². The van der Waals surface area contributed by atoms with Gasteiger partial charge in [0, 0.05) is 13.1 Å². The lowest BCUT2D eigenvalue weighted by molar-refractivity contribution is -0.140. The summed E-state index contributed by atoms with van der Waals surface area (Å²) in [6.45, 7) is 3.51. The Bertz CT molecular complexity index is 1340. The zero-order valence-electron chi connectivity index (χ0n) is 21.3. The Labute approximate surface area is 228 Å². The predicted molar refractivity (Wildman–Crippen MR) is 147 cm³/mol. The maximum atomic E-state index is 13.9. The van der Waals surface area contributed by atoms with Gasteiger partial charge in [-0.15, -0.1) is 0 Å². The molecule has 3 rings (SSSR count). The summed E-state index contributed by atoms with van der Waals surface area (Å²) in [6, 6.07) is 18.8. The third-order valence-corrected chi connectivity index (χ3v) is 8.03. The molecule has 0 radical (unpaired) electrons. The van der Waals surface area contributed by atoms with Crippen molar-refractivity contribution < 1.29 is 22.4 Å². The fraction of sp³-hybridized carbons (Fsp3) is 0.286. The molecule has 0 aromatic heterocycles. The number of hydrogen-bond acceptors (Lipinski definition) is 4. The standard InChI is InChI=1S/C28H31ClFN3O4S/c1-3-18-31-28(35)25(4-2)32(19-21-14-16-22(30)17-15-21)27(34)20-33(26-13-9-8-12-24(26)29)38(36,37)23-10-6-5-7-11-23/h5-17,25H,3-4,18-20H2,1-2H3,(H,31,35)/t25-/m0/s1. The molecule has 0 aliphatic heterocycles. The summed E-state index contributed by atoms with van der Waals surface area (Å²) in [5.41, 5.74) is 0.730. The number of carbonyl (C=O) groups is 2. The van der Waals surface area contributed by atoms with Crippen LogP contribution < -0.4 is 9.62 Å². The second kappa shape index (κ2) is 13.4. The van der Waals surface area contributed by atoms with Crippen molar-refractivity contribution in [3.05, 3.63) is 95.3 Å². The van der Waals surface area contributed by atoms with Crippen molar-refractivity contribution >= 4 is 39.1 Å². The molecule has 0 fully saturated rings. The van der Waals surface area contributed by atoms with Crippen molar-refractivity contribution in [2.75, 3.05) is 17.4 Å². The summed E-state index contributed by atoms with van der Waals surface area (Å²) in [7, 11) is -4.20. The molecule has 0 unspecified atom stereocenters. The number of nitrogens with one attached hydrogen (secondary N) is 1. The van der Waals surface area contributed by atoms with E-state index >= 15 is 0 Å². The van der Waals surface area contributed by atoms with Gasteiger partial charge in [0.05, 0.1) is 15.6 Å². The fourth-order valence-corrected chi connectivity index (χ4v) is 5.70. The molecule has 0 saturated carbocycles. The largest absolute Gasteiger partial charge is 0.354 e. The maximum absolute atomic E-state index is 13.9. The molecule has 0 heterocycles. The third kappa shape index (κ3) is 7.11. The van der Waals surface area contributed by atoms with Crippen LogP contribution in [-0.2, 0) is 26.2 Å². The molecular formula is C28H31ClFN3O4S. The number of rotatable bonds is 12. The molecule has 7 nitrogen and oxygen atoms in total.